The molecule has 1 aliphatic carbocycles. The second kappa shape index (κ2) is 5.62. The lowest BCUT2D eigenvalue weighted by Gasteiger charge is -2.26. The van der Waals surface area contributed by atoms with E-state index in [0.717, 1.165) is 12.1 Å². The van der Waals surface area contributed by atoms with E-state index in [-0.39, 0.29) is 0 Å². The van der Waals surface area contributed by atoms with Crippen LogP contribution in [0.2, 0.25) is 0 Å². The Bertz CT molecular complexity index is 957. The Morgan fingerprint density at radius 1 is 1.08 bits per heavy atom. The van der Waals surface area contributed by atoms with E-state index in [0.29, 0.717) is 6.04 Å². The Morgan fingerprint density at radius 2 is 1.88 bits per heavy atom. The number of nitrogens with zero attached hydrogens (tertiary/aromatic N) is 2. The summed E-state index contributed by atoms with van der Waals surface area (Å²) in [6, 6.07) is 17.4. The van der Waals surface area contributed by atoms with Crippen LogP contribution >= 0.6 is 0 Å². The molecule has 1 fully saturated rings. The number of benzene rings is 2. The van der Waals surface area contributed by atoms with Crippen LogP contribution in [0.15, 0.2) is 66.6 Å². The van der Waals surface area contributed by atoms with Crippen molar-refractivity contribution in [2.75, 3.05) is 5.73 Å². The first-order valence-corrected chi connectivity index (χ1v) is 8.99. The maximum absolute atomic E-state index is 5.90. The predicted octanol–water partition coefficient (Wildman–Crippen LogP) is 5.06. The van der Waals surface area contributed by atoms with Crippen molar-refractivity contribution in [3.63, 3.8) is 0 Å². The van der Waals surface area contributed by atoms with Crippen LogP contribution in [0.1, 0.15) is 42.9 Å². The highest BCUT2D eigenvalue weighted by Crippen LogP contribution is 2.45. The number of fused-ring (bicyclic) bond motifs is 3. The number of hydrogen-bond acceptors (Lipinski definition) is 2. The smallest absolute Gasteiger partial charge is 0.0956 e. The van der Waals surface area contributed by atoms with E-state index in [9.17, 15) is 0 Å². The van der Waals surface area contributed by atoms with Crippen molar-refractivity contribution in [1.29, 1.82) is 0 Å². The molecule has 124 valence electrons. The fraction of sp³-hybridized carbons (Fsp3) is 0.227. The van der Waals surface area contributed by atoms with Crippen molar-refractivity contribution in [1.82, 2.24) is 9.55 Å². The summed E-state index contributed by atoms with van der Waals surface area (Å²) in [5.74, 6) is 0. The van der Waals surface area contributed by atoms with Crippen LogP contribution in [0.5, 0.6) is 0 Å². The highest BCUT2D eigenvalue weighted by Gasteiger charge is 2.30. The van der Waals surface area contributed by atoms with Gasteiger partial charge in [0.05, 0.1) is 24.3 Å². The molecule has 3 aromatic rings. The average molecular weight is 327 g/mol. The van der Waals surface area contributed by atoms with Crippen LogP contribution in [0.3, 0.4) is 0 Å². The SMILES string of the molecule is Nc1ccc(C(CC2c3ccccc3-c3cncn32)=C2CCC2)cc1. The minimum absolute atomic E-state index is 0.328. The Hall–Kier alpha value is -2.81. The van der Waals surface area contributed by atoms with Gasteiger partial charge in [0.1, 0.15) is 0 Å². The molecule has 2 N–H and O–H groups in total. The minimum atomic E-state index is 0.328. The van der Waals surface area contributed by atoms with Gasteiger partial charge in [-0.2, -0.15) is 0 Å². The third-order valence-corrected chi connectivity index (χ3v) is 5.64. The van der Waals surface area contributed by atoms with Crippen molar-refractivity contribution in [3.8, 4) is 11.3 Å². The van der Waals surface area contributed by atoms with Crippen LogP contribution in [0.4, 0.5) is 5.69 Å². The highest BCUT2D eigenvalue weighted by atomic mass is 15.1. The second-order valence-electron chi connectivity index (χ2n) is 7.05. The molecule has 5 rings (SSSR count). The lowest BCUT2D eigenvalue weighted by atomic mass is 9.82. The normalized spacial score (nSPS) is 17.8. The summed E-state index contributed by atoms with van der Waals surface area (Å²) in [6.07, 6.45) is 8.74. The second-order valence-corrected chi connectivity index (χ2v) is 7.05. The van der Waals surface area contributed by atoms with Crippen LogP contribution in [-0.2, 0) is 0 Å². The van der Waals surface area contributed by atoms with Gasteiger partial charge in [0, 0.05) is 11.3 Å². The summed E-state index contributed by atoms with van der Waals surface area (Å²) in [5, 5.41) is 0. The first kappa shape index (κ1) is 14.5. The molecule has 1 atom stereocenters. The highest BCUT2D eigenvalue weighted by molar-refractivity contribution is 5.74. The Kier molecular flexibility index (Phi) is 3.27. The molecule has 1 unspecified atom stereocenters. The van der Waals surface area contributed by atoms with Crippen LogP contribution < -0.4 is 5.73 Å². The third kappa shape index (κ3) is 2.30. The van der Waals surface area contributed by atoms with Gasteiger partial charge in [0.25, 0.3) is 0 Å². The molecule has 1 saturated carbocycles. The standard InChI is InChI=1S/C22H21N3/c23-17-10-8-16(9-11-17)20(15-4-3-5-15)12-21-18-6-1-2-7-19(18)22-13-24-14-25(21)22/h1-2,6-11,13-14,21H,3-5,12,23H2. The van der Waals surface area contributed by atoms with Gasteiger partial charge < -0.3 is 10.3 Å². The summed E-state index contributed by atoms with van der Waals surface area (Å²) in [5.41, 5.74) is 15.1. The molecule has 1 aliphatic heterocycles. The van der Waals surface area contributed by atoms with Crippen molar-refractivity contribution in [3.05, 3.63) is 77.8 Å². The van der Waals surface area contributed by atoms with E-state index in [1.807, 2.05) is 24.7 Å². The fourth-order valence-electron chi connectivity index (χ4n) is 4.14. The number of anilines is 1. The lowest BCUT2D eigenvalue weighted by Crippen LogP contribution is -2.10. The number of nitrogen functional groups attached to an aromatic ring is 1. The number of aromatic nitrogens is 2. The summed E-state index contributed by atoms with van der Waals surface area (Å²) >= 11 is 0. The Labute approximate surface area is 147 Å². The molecule has 0 radical (unpaired) electrons. The largest absolute Gasteiger partial charge is 0.399 e. The van der Waals surface area contributed by atoms with E-state index < -0.39 is 0 Å². The van der Waals surface area contributed by atoms with Crippen molar-refractivity contribution in [2.24, 2.45) is 0 Å². The Morgan fingerprint density at radius 3 is 2.64 bits per heavy atom. The molecular formula is C22H21N3. The first-order chi connectivity index (χ1) is 12.3. The van der Waals surface area contributed by atoms with Crippen molar-refractivity contribution < 1.29 is 0 Å². The topological polar surface area (TPSA) is 43.8 Å². The predicted molar refractivity (Wildman–Crippen MR) is 102 cm³/mol. The van der Waals surface area contributed by atoms with Gasteiger partial charge in [-0.3, -0.25) is 0 Å². The van der Waals surface area contributed by atoms with Gasteiger partial charge in [-0.25, -0.2) is 4.98 Å². The van der Waals surface area contributed by atoms with Crippen LogP contribution in [-0.4, -0.2) is 9.55 Å². The molecule has 2 heterocycles. The maximum atomic E-state index is 5.90. The van der Waals surface area contributed by atoms with Crippen LogP contribution in [0, 0.1) is 0 Å². The Balaban J connectivity index is 1.58. The molecule has 1 aromatic heterocycles. The maximum Gasteiger partial charge on any atom is 0.0956 e. The van der Waals surface area contributed by atoms with E-state index in [1.54, 1.807) is 5.57 Å². The van der Waals surface area contributed by atoms with Gasteiger partial charge >= 0.3 is 0 Å². The average Bonchev–Trinajstić information content (AvgIpc) is 3.16. The third-order valence-electron chi connectivity index (χ3n) is 5.64. The van der Waals surface area contributed by atoms with E-state index in [4.69, 9.17) is 5.73 Å². The van der Waals surface area contributed by atoms with Gasteiger partial charge in [-0.1, -0.05) is 42.0 Å². The molecular weight excluding hydrogens is 306 g/mol. The molecule has 0 bridgehead atoms. The number of imidazole rings is 1. The summed E-state index contributed by atoms with van der Waals surface area (Å²) in [6.45, 7) is 0. The van der Waals surface area contributed by atoms with Gasteiger partial charge in [0.15, 0.2) is 0 Å². The molecule has 25 heavy (non-hydrogen) atoms. The van der Waals surface area contributed by atoms with E-state index >= 15 is 0 Å². The number of allylic oxidation sites excluding steroid dienone is 2. The molecule has 3 heteroatoms. The minimum Gasteiger partial charge on any atom is -0.399 e. The quantitative estimate of drug-likeness (QED) is 0.683. The molecule has 0 saturated heterocycles. The number of nitrogens with two attached hydrogens (primary N) is 1. The number of rotatable bonds is 3. The van der Waals surface area contributed by atoms with Crippen molar-refractivity contribution in [2.45, 2.75) is 31.7 Å². The molecule has 0 spiro atoms. The molecule has 0 amide bonds. The molecule has 3 nitrogen and oxygen atoms in total. The van der Waals surface area contributed by atoms with Crippen molar-refractivity contribution >= 4 is 11.3 Å². The fourth-order valence-corrected chi connectivity index (χ4v) is 4.14. The zero-order valence-corrected chi connectivity index (χ0v) is 14.2. The molecule has 2 aliphatic rings. The van der Waals surface area contributed by atoms with E-state index in [2.05, 4.69) is 45.9 Å². The first-order valence-electron chi connectivity index (χ1n) is 8.99. The zero-order chi connectivity index (χ0) is 16.8. The monoisotopic (exact) mass is 327 g/mol. The number of hydrogen-bond donors (Lipinski definition) is 1. The van der Waals surface area contributed by atoms with Gasteiger partial charge in [0.2, 0.25) is 0 Å². The summed E-state index contributed by atoms with van der Waals surface area (Å²) < 4.78 is 2.33. The van der Waals surface area contributed by atoms with Gasteiger partial charge in [-0.05, 0) is 54.5 Å². The summed E-state index contributed by atoms with van der Waals surface area (Å²) in [7, 11) is 0. The molecule has 2 aromatic carbocycles. The lowest BCUT2D eigenvalue weighted by molar-refractivity contribution is 0.610. The van der Waals surface area contributed by atoms with Gasteiger partial charge in [-0.15, -0.1) is 0 Å². The summed E-state index contributed by atoms with van der Waals surface area (Å²) in [4.78, 5) is 4.39. The van der Waals surface area contributed by atoms with E-state index in [1.165, 1.54) is 47.2 Å². The zero-order valence-electron chi connectivity index (χ0n) is 14.2. The van der Waals surface area contributed by atoms with Crippen LogP contribution in [0.25, 0.3) is 16.8 Å².